The zero-order valence-corrected chi connectivity index (χ0v) is 12.3. The highest BCUT2D eigenvalue weighted by Gasteiger charge is 2.23. The Hall–Kier alpha value is -1.47. The lowest BCUT2D eigenvalue weighted by Crippen LogP contribution is -2.46. The highest BCUT2D eigenvalue weighted by atomic mass is 32.1. The second-order valence-corrected chi connectivity index (χ2v) is 5.40. The van der Waals surface area contributed by atoms with Crippen molar-refractivity contribution in [2.24, 2.45) is 0 Å². The Kier molecular flexibility index (Phi) is 5.49. The number of ether oxygens (including phenoxy) is 1. The standard InChI is InChI=1S/C13H19N3O3S/c1-10(17)16(11-2-6-19-7-3-11)5-4-14-13(18)12-8-20-9-15-12/h8-9,11H,2-7H2,1H3,(H,14,18). The van der Waals surface area contributed by atoms with Crippen molar-refractivity contribution < 1.29 is 14.3 Å². The number of rotatable bonds is 5. The van der Waals surface area contributed by atoms with Crippen molar-refractivity contribution in [3.63, 3.8) is 0 Å². The summed E-state index contributed by atoms with van der Waals surface area (Å²) in [6.07, 6.45) is 1.72. The minimum Gasteiger partial charge on any atom is -0.381 e. The van der Waals surface area contributed by atoms with Crippen molar-refractivity contribution >= 4 is 23.2 Å². The predicted molar refractivity (Wildman–Crippen MR) is 75.7 cm³/mol. The zero-order valence-electron chi connectivity index (χ0n) is 11.5. The lowest BCUT2D eigenvalue weighted by atomic mass is 10.1. The third-order valence-corrected chi connectivity index (χ3v) is 3.93. The molecule has 0 aromatic carbocycles. The van der Waals surface area contributed by atoms with Gasteiger partial charge in [-0.25, -0.2) is 4.98 Å². The molecule has 0 saturated carbocycles. The van der Waals surface area contributed by atoms with Crippen LogP contribution in [0, 0.1) is 0 Å². The molecule has 1 aromatic rings. The normalized spacial score (nSPS) is 15.8. The molecule has 20 heavy (non-hydrogen) atoms. The molecule has 1 saturated heterocycles. The summed E-state index contributed by atoms with van der Waals surface area (Å²) in [4.78, 5) is 29.2. The second kappa shape index (κ2) is 7.35. The van der Waals surface area contributed by atoms with Gasteiger partial charge in [0.15, 0.2) is 0 Å². The summed E-state index contributed by atoms with van der Waals surface area (Å²) in [7, 11) is 0. The van der Waals surface area contributed by atoms with Crippen LogP contribution in [0.5, 0.6) is 0 Å². The van der Waals surface area contributed by atoms with Crippen LogP contribution in [0.1, 0.15) is 30.3 Å². The quantitative estimate of drug-likeness (QED) is 0.876. The number of nitrogens with one attached hydrogen (secondary N) is 1. The summed E-state index contributed by atoms with van der Waals surface area (Å²) < 4.78 is 5.31. The topological polar surface area (TPSA) is 71.5 Å². The number of carbonyl (C=O) groups excluding carboxylic acids is 2. The Labute approximate surface area is 122 Å². The zero-order chi connectivity index (χ0) is 14.4. The summed E-state index contributed by atoms with van der Waals surface area (Å²) >= 11 is 1.38. The minimum atomic E-state index is -0.193. The first-order chi connectivity index (χ1) is 9.68. The molecule has 2 amide bonds. The first-order valence-corrected chi connectivity index (χ1v) is 7.64. The van der Waals surface area contributed by atoms with E-state index in [1.807, 2.05) is 4.90 Å². The van der Waals surface area contributed by atoms with Gasteiger partial charge >= 0.3 is 0 Å². The Balaban J connectivity index is 1.80. The Morgan fingerprint density at radius 3 is 2.85 bits per heavy atom. The van der Waals surface area contributed by atoms with Crippen molar-refractivity contribution in [3.05, 3.63) is 16.6 Å². The van der Waals surface area contributed by atoms with Gasteiger partial charge in [0.05, 0.1) is 5.51 Å². The molecule has 1 aliphatic heterocycles. The van der Waals surface area contributed by atoms with E-state index in [-0.39, 0.29) is 17.9 Å². The summed E-state index contributed by atoms with van der Waals surface area (Å²) in [5.41, 5.74) is 2.05. The maximum atomic E-state index is 11.7. The number of hydrogen-bond acceptors (Lipinski definition) is 5. The largest absolute Gasteiger partial charge is 0.381 e. The van der Waals surface area contributed by atoms with E-state index in [2.05, 4.69) is 10.3 Å². The van der Waals surface area contributed by atoms with E-state index in [9.17, 15) is 9.59 Å². The van der Waals surface area contributed by atoms with E-state index in [1.54, 1.807) is 17.8 Å². The third-order valence-electron chi connectivity index (χ3n) is 3.34. The molecule has 1 aliphatic rings. The van der Waals surface area contributed by atoms with Crippen LogP contribution in [0.4, 0.5) is 0 Å². The monoisotopic (exact) mass is 297 g/mol. The molecule has 2 rings (SSSR count). The molecule has 1 fully saturated rings. The highest BCUT2D eigenvalue weighted by Crippen LogP contribution is 2.14. The van der Waals surface area contributed by atoms with Gasteiger partial charge in [-0.1, -0.05) is 0 Å². The second-order valence-electron chi connectivity index (χ2n) is 4.69. The van der Waals surface area contributed by atoms with Gasteiger partial charge in [-0.3, -0.25) is 9.59 Å². The summed E-state index contributed by atoms with van der Waals surface area (Å²) in [6, 6.07) is 0.220. The molecular weight excluding hydrogens is 278 g/mol. The van der Waals surface area contributed by atoms with E-state index in [0.717, 1.165) is 12.8 Å². The van der Waals surface area contributed by atoms with Crippen LogP contribution < -0.4 is 5.32 Å². The molecular formula is C13H19N3O3S. The van der Waals surface area contributed by atoms with Gasteiger partial charge < -0.3 is 15.0 Å². The fourth-order valence-electron chi connectivity index (χ4n) is 2.30. The van der Waals surface area contributed by atoms with Crippen molar-refractivity contribution in [2.45, 2.75) is 25.8 Å². The predicted octanol–water partition coefficient (Wildman–Crippen LogP) is 0.900. The van der Waals surface area contributed by atoms with E-state index in [4.69, 9.17) is 4.74 Å². The lowest BCUT2D eigenvalue weighted by molar-refractivity contribution is -0.132. The third kappa shape index (κ3) is 4.01. The Bertz CT molecular complexity index is 444. The van der Waals surface area contributed by atoms with Gasteiger partial charge in [-0.15, -0.1) is 11.3 Å². The number of aromatic nitrogens is 1. The lowest BCUT2D eigenvalue weighted by Gasteiger charge is -2.33. The molecule has 6 nitrogen and oxygen atoms in total. The fourth-order valence-corrected chi connectivity index (χ4v) is 2.83. The molecule has 0 aliphatic carbocycles. The first-order valence-electron chi connectivity index (χ1n) is 6.70. The van der Waals surface area contributed by atoms with Crippen molar-refractivity contribution in [1.29, 1.82) is 0 Å². The minimum absolute atomic E-state index is 0.0415. The molecule has 7 heteroatoms. The van der Waals surface area contributed by atoms with Crippen LogP contribution in [0.15, 0.2) is 10.9 Å². The van der Waals surface area contributed by atoms with Gasteiger partial charge in [0.1, 0.15) is 5.69 Å². The van der Waals surface area contributed by atoms with Crippen LogP contribution in [0.3, 0.4) is 0 Å². The molecule has 110 valence electrons. The van der Waals surface area contributed by atoms with Crippen molar-refractivity contribution in [2.75, 3.05) is 26.3 Å². The highest BCUT2D eigenvalue weighted by molar-refractivity contribution is 7.07. The molecule has 0 bridgehead atoms. The van der Waals surface area contributed by atoms with Gasteiger partial charge in [0.25, 0.3) is 5.91 Å². The maximum Gasteiger partial charge on any atom is 0.270 e. The van der Waals surface area contributed by atoms with Crippen LogP contribution in [-0.4, -0.2) is 54.0 Å². The van der Waals surface area contributed by atoms with Gasteiger partial charge in [-0.2, -0.15) is 0 Å². The van der Waals surface area contributed by atoms with Gasteiger partial charge in [-0.05, 0) is 12.8 Å². The Morgan fingerprint density at radius 1 is 1.50 bits per heavy atom. The first kappa shape index (κ1) is 14.9. The molecule has 1 aromatic heterocycles. The molecule has 0 unspecified atom stereocenters. The van der Waals surface area contributed by atoms with E-state index in [0.29, 0.717) is 32.0 Å². The van der Waals surface area contributed by atoms with Crippen molar-refractivity contribution in [1.82, 2.24) is 15.2 Å². The van der Waals surface area contributed by atoms with E-state index >= 15 is 0 Å². The summed E-state index contributed by atoms with van der Waals surface area (Å²) in [5.74, 6) is -0.151. The number of thiazole rings is 1. The molecule has 0 atom stereocenters. The average Bonchev–Trinajstić information content (AvgIpc) is 2.98. The van der Waals surface area contributed by atoms with Crippen LogP contribution in [-0.2, 0) is 9.53 Å². The molecule has 0 radical (unpaired) electrons. The molecule has 1 N–H and O–H groups in total. The average molecular weight is 297 g/mol. The van der Waals surface area contributed by atoms with Crippen LogP contribution in [0.25, 0.3) is 0 Å². The summed E-state index contributed by atoms with van der Waals surface area (Å²) in [5, 5.41) is 4.49. The van der Waals surface area contributed by atoms with Crippen LogP contribution in [0.2, 0.25) is 0 Å². The van der Waals surface area contributed by atoms with E-state index < -0.39 is 0 Å². The fraction of sp³-hybridized carbons (Fsp3) is 0.615. The maximum absolute atomic E-state index is 11.7. The SMILES string of the molecule is CC(=O)N(CCNC(=O)c1cscn1)C1CCOCC1. The molecule has 2 heterocycles. The molecule has 0 spiro atoms. The number of carbonyl (C=O) groups is 2. The smallest absolute Gasteiger partial charge is 0.270 e. The van der Waals surface area contributed by atoms with Crippen molar-refractivity contribution in [3.8, 4) is 0 Å². The number of hydrogen-bond donors (Lipinski definition) is 1. The number of nitrogens with zero attached hydrogens (tertiary/aromatic N) is 2. The summed E-state index contributed by atoms with van der Waals surface area (Å²) in [6.45, 7) is 3.92. The van der Waals surface area contributed by atoms with Gasteiger partial charge in [0, 0.05) is 44.6 Å². The van der Waals surface area contributed by atoms with Crippen LogP contribution >= 0.6 is 11.3 Å². The Morgan fingerprint density at radius 2 is 2.25 bits per heavy atom. The van der Waals surface area contributed by atoms with Gasteiger partial charge in [0.2, 0.25) is 5.91 Å². The number of amides is 2. The van der Waals surface area contributed by atoms with E-state index in [1.165, 1.54) is 11.3 Å².